The van der Waals surface area contributed by atoms with Crippen LogP contribution in [0.3, 0.4) is 0 Å². The lowest BCUT2D eigenvalue weighted by molar-refractivity contribution is -0.384. The summed E-state index contributed by atoms with van der Waals surface area (Å²) in [6, 6.07) is 9.46. The third-order valence-electron chi connectivity index (χ3n) is 4.31. The average Bonchev–Trinajstić information content (AvgIpc) is 2.65. The Bertz CT molecular complexity index is 1020. The van der Waals surface area contributed by atoms with Gasteiger partial charge in [0.2, 0.25) is 15.9 Å². The average molecular weight is 421 g/mol. The van der Waals surface area contributed by atoms with Crippen molar-refractivity contribution in [2.75, 3.05) is 23.0 Å². The number of ether oxygens (including phenoxy) is 1. The van der Waals surface area contributed by atoms with Crippen LogP contribution < -0.4 is 14.4 Å². The van der Waals surface area contributed by atoms with Crippen LogP contribution in [0.25, 0.3) is 0 Å². The molecule has 0 aliphatic rings. The molecule has 1 N–H and O–H groups in total. The third kappa shape index (κ3) is 5.23. The first-order chi connectivity index (χ1) is 13.6. The maximum absolute atomic E-state index is 12.9. The van der Waals surface area contributed by atoms with Crippen LogP contribution >= 0.6 is 0 Å². The Morgan fingerprint density at radius 1 is 1.28 bits per heavy atom. The quantitative estimate of drug-likeness (QED) is 0.517. The number of aryl methyl sites for hydroxylation is 1. The smallest absolute Gasteiger partial charge is 0.271 e. The van der Waals surface area contributed by atoms with Gasteiger partial charge in [-0.1, -0.05) is 19.1 Å². The molecule has 0 saturated carbocycles. The van der Waals surface area contributed by atoms with E-state index < -0.39 is 26.9 Å². The molecule has 0 bridgehead atoms. The lowest BCUT2D eigenvalue weighted by Crippen LogP contribution is -2.47. The maximum Gasteiger partial charge on any atom is 0.271 e. The zero-order chi connectivity index (χ0) is 21.8. The fourth-order valence-corrected chi connectivity index (χ4v) is 4.17. The lowest BCUT2D eigenvalue weighted by Gasteiger charge is -2.31. The molecule has 2 aromatic carbocycles. The summed E-state index contributed by atoms with van der Waals surface area (Å²) < 4.78 is 31.2. The van der Waals surface area contributed by atoms with E-state index in [0.717, 1.165) is 16.6 Å². The fraction of sp³-hybridized carbons (Fsp3) is 0.316. The van der Waals surface area contributed by atoms with E-state index in [1.165, 1.54) is 19.2 Å². The van der Waals surface area contributed by atoms with Crippen molar-refractivity contribution in [2.45, 2.75) is 26.3 Å². The van der Waals surface area contributed by atoms with Gasteiger partial charge in [0.15, 0.2) is 0 Å². The van der Waals surface area contributed by atoms with Crippen LogP contribution in [0.2, 0.25) is 0 Å². The number of nitro benzene ring substituents is 1. The summed E-state index contributed by atoms with van der Waals surface area (Å²) in [6.45, 7) is 3.30. The van der Waals surface area contributed by atoms with Gasteiger partial charge in [0.25, 0.3) is 5.69 Å². The predicted molar refractivity (Wildman–Crippen MR) is 111 cm³/mol. The van der Waals surface area contributed by atoms with Crippen molar-refractivity contribution in [1.82, 2.24) is 0 Å². The molecule has 0 radical (unpaired) electrons. The van der Waals surface area contributed by atoms with E-state index in [2.05, 4.69) is 5.32 Å². The van der Waals surface area contributed by atoms with Gasteiger partial charge in [0.1, 0.15) is 11.8 Å². The number of nitrogens with one attached hydrogen (secondary N) is 1. The second-order valence-corrected chi connectivity index (χ2v) is 8.29. The molecule has 9 nitrogen and oxygen atoms in total. The van der Waals surface area contributed by atoms with Crippen LogP contribution in [0, 0.1) is 17.0 Å². The molecule has 0 fully saturated rings. The molecule has 0 saturated heterocycles. The number of amides is 1. The minimum Gasteiger partial charge on any atom is -0.497 e. The number of carbonyl (C=O) groups is 1. The molecule has 29 heavy (non-hydrogen) atoms. The number of rotatable bonds is 8. The first kappa shape index (κ1) is 22.2. The number of sulfonamides is 1. The molecule has 0 aliphatic carbocycles. The standard InChI is InChI=1S/C19H23N3O6S/c1-5-17(19(23)20-14-7-6-8-16(11-14)28-3)21(29(4,26)27)18-12-15(22(24)25)10-9-13(18)2/h6-12,17H,5H2,1-4H3,(H,20,23)/t17-/m0/s1. The van der Waals surface area contributed by atoms with E-state index in [0.29, 0.717) is 17.0 Å². The molecule has 10 heteroatoms. The molecule has 0 spiro atoms. The summed E-state index contributed by atoms with van der Waals surface area (Å²) in [4.78, 5) is 23.5. The molecule has 0 aliphatic heterocycles. The van der Waals surface area contributed by atoms with E-state index in [9.17, 15) is 23.3 Å². The minimum absolute atomic E-state index is 0.0920. The minimum atomic E-state index is -3.92. The molecule has 2 rings (SSSR count). The summed E-state index contributed by atoms with van der Waals surface area (Å²) in [7, 11) is -2.43. The normalized spacial score (nSPS) is 12.1. The van der Waals surface area contributed by atoms with E-state index in [1.54, 1.807) is 38.1 Å². The van der Waals surface area contributed by atoms with E-state index >= 15 is 0 Å². The second kappa shape index (κ2) is 8.91. The van der Waals surface area contributed by atoms with E-state index in [4.69, 9.17) is 4.74 Å². The number of nitrogens with zero attached hydrogens (tertiary/aromatic N) is 2. The van der Waals surface area contributed by atoms with Crippen molar-refractivity contribution in [1.29, 1.82) is 0 Å². The first-order valence-corrected chi connectivity index (χ1v) is 10.6. The van der Waals surface area contributed by atoms with Gasteiger partial charge < -0.3 is 10.1 Å². The van der Waals surface area contributed by atoms with Gasteiger partial charge in [-0.3, -0.25) is 19.2 Å². The Morgan fingerprint density at radius 2 is 1.97 bits per heavy atom. The fourth-order valence-electron chi connectivity index (χ4n) is 2.91. The Morgan fingerprint density at radius 3 is 2.52 bits per heavy atom. The van der Waals surface area contributed by atoms with Gasteiger partial charge in [0, 0.05) is 23.9 Å². The maximum atomic E-state index is 12.9. The molecule has 2 aromatic rings. The molecule has 0 heterocycles. The number of hydrogen-bond donors (Lipinski definition) is 1. The molecular weight excluding hydrogens is 398 g/mol. The van der Waals surface area contributed by atoms with Crippen LogP contribution in [0.4, 0.5) is 17.1 Å². The van der Waals surface area contributed by atoms with Gasteiger partial charge in [-0.25, -0.2) is 8.42 Å². The van der Waals surface area contributed by atoms with Crippen molar-refractivity contribution in [3.63, 3.8) is 0 Å². The zero-order valence-electron chi connectivity index (χ0n) is 16.6. The molecule has 1 atom stereocenters. The third-order valence-corrected chi connectivity index (χ3v) is 5.47. The van der Waals surface area contributed by atoms with Gasteiger partial charge in [-0.2, -0.15) is 0 Å². The Balaban J connectivity index is 2.48. The van der Waals surface area contributed by atoms with E-state index in [1.807, 2.05) is 0 Å². The number of benzene rings is 2. The summed E-state index contributed by atoms with van der Waals surface area (Å²) >= 11 is 0. The van der Waals surface area contributed by atoms with Crippen molar-refractivity contribution in [3.8, 4) is 5.75 Å². The highest BCUT2D eigenvalue weighted by molar-refractivity contribution is 7.92. The predicted octanol–water partition coefficient (Wildman–Crippen LogP) is 3.10. The lowest BCUT2D eigenvalue weighted by atomic mass is 10.1. The van der Waals surface area contributed by atoms with Crippen LogP contribution in [0.5, 0.6) is 5.75 Å². The molecular formula is C19H23N3O6S. The van der Waals surface area contributed by atoms with Gasteiger partial charge in [-0.05, 0) is 31.0 Å². The Hall–Kier alpha value is -3.14. The topological polar surface area (TPSA) is 119 Å². The number of anilines is 2. The molecule has 0 aromatic heterocycles. The summed E-state index contributed by atoms with van der Waals surface area (Å²) in [6.07, 6.45) is 1.12. The van der Waals surface area contributed by atoms with Crippen LogP contribution in [0.15, 0.2) is 42.5 Å². The number of nitro groups is 1. The van der Waals surface area contributed by atoms with Crippen molar-refractivity contribution < 1.29 is 22.9 Å². The van der Waals surface area contributed by atoms with Crippen LogP contribution in [-0.4, -0.2) is 38.7 Å². The molecule has 1 amide bonds. The van der Waals surface area contributed by atoms with Crippen molar-refractivity contribution >= 4 is 33.0 Å². The number of hydrogen-bond acceptors (Lipinski definition) is 6. The summed E-state index contributed by atoms with van der Waals surface area (Å²) in [5.41, 5.74) is 0.766. The summed E-state index contributed by atoms with van der Waals surface area (Å²) in [5.74, 6) is -0.0255. The molecule has 156 valence electrons. The Kier molecular flexibility index (Phi) is 6.80. The van der Waals surface area contributed by atoms with Crippen molar-refractivity contribution in [2.24, 2.45) is 0 Å². The van der Waals surface area contributed by atoms with Gasteiger partial charge in [-0.15, -0.1) is 0 Å². The highest BCUT2D eigenvalue weighted by Gasteiger charge is 2.33. The largest absolute Gasteiger partial charge is 0.497 e. The highest BCUT2D eigenvalue weighted by atomic mass is 32.2. The first-order valence-electron chi connectivity index (χ1n) is 8.77. The van der Waals surface area contributed by atoms with Gasteiger partial charge >= 0.3 is 0 Å². The monoisotopic (exact) mass is 421 g/mol. The van der Waals surface area contributed by atoms with E-state index in [-0.39, 0.29) is 17.8 Å². The zero-order valence-corrected chi connectivity index (χ0v) is 17.4. The SMILES string of the molecule is CC[C@@H](C(=O)Nc1cccc(OC)c1)N(c1cc([N+](=O)[O-])ccc1C)S(C)(=O)=O. The number of methoxy groups -OCH3 is 1. The second-order valence-electron chi connectivity index (χ2n) is 6.43. The number of non-ortho nitro benzene ring substituents is 1. The molecule has 0 unspecified atom stereocenters. The van der Waals surface area contributed by atoms with Crippen molar-refractivity contribution in [3.05, 3.63) is 58.1 Å². The summed E-state index contributed by atoms with van der Waals surface area (Å²) in [5, 5.41) is 13.8. The van der Waals surface area contributed by atoms with Crippen LogP contribution in [0.1, 0.15) is 18.9 Å². The Labute approximate surface area is 169 Å². The van der Waals surface area contributed by atoms with Crippen LogP contribution in [-0.2, 0) is 14.8 Å². The number of carbonyl (C=O) groups excluding carboxylic acids is 1. The highest BCUT2D eigenvalue weighted by Crippen LogP contribution is 2.30. The van der Waals surface area contributed by atoms with Gasteiger partial charge in [0.05, 0.1) is 24.0 Å².